The van der Waals surface area contributed by atoms with Crippen LogP contribution in [0.25, 0.3) is 16.2 Å². The SMILES string of the molecule is COC(=O)c1ccccc1C(=O)Nc1nc2scc(-c3ccc(Cl)cc3)n2n1. The number of carbonyl (C=O) groups is 2. The Labute approximate surface area is 168 Å². The lowest BCUT2D eigenvalue weighted by Crippen LogP contribution is -2.17. The Hall–Kier alpha value is -3.23. The number of carbonyl (C=O) groups excluding carboxylic acids is 2. The van der Waals surface area contributed by atoms with Gasteiger partial charge in [0.25, 0.3) is 11.9 Å². The molecule has 1 amide bonds. The smallest absolute Gasteiger partial charge is 0.338 e. The van der Waals surface area contributed by atoms with E-state index in [0.717, 1.165) is 11.3 Å². The van der Waals surface area contributed by atoms with Crippen LogP contribution in [-0.2, 0) is 4.74 Å². The summed E-state index contributed by atoms with van der Waals surface area (Å²) in [6.45, 7) is 0. The first-order valence-electron chi connectivity index (χ1n) is 8.15. The fourth-order valence-electron chi connectivity index (χ4n) is 2.69. The van der Waals surface area contributed by atoms with Crippen LogP contribution in [0.4, 0.5) is 5.95 Å². The third kappa shape index (κ3) is 3.35. The van der Waals surface area contributed by atoms with Gasteiger partial charge in [-0.15, -0.1) is 16.4 Å². The molecular weight excluding hydrogens is 400 g/mol. The maximum absolute atomic E-state index is 12.6. The monoisotopic (exact) mass is 412 g/mol. The number of nitrogens with zero attached hydrogens (tertiary/aromatic N) is 3. The quantitative estimate of drug-likeness (QED) is 0.509. The molecule has 2 heterocycles. The Balaban J connectivity index is 1.64. The number of esters is 1. The first-order chi connectivity index (χ1) is 13.6. The zero-order valence-electron chi connectivity index (χ0n) is 14.5. The van der Waals surface area contributed by atoms with Crippen LogP contribution in [0.5, 0.6) is 0 Å². The van der Waals surface area contributed by atoms with E-state index in [9.17, 15) is 9.59 Å². The van der Waals surface area contributed by atoms with E-state index in [1.165, 1.54) is 24.5 Å². The van der Waals surface area contributed by atoms with Gasteiger partial charge in [0, 0.05) is 16.0 Å². The number of methoxy groups -OCH3 is 1. The van der Waals surface area contributed by atoms with Gasteiger partial charge in [0.2, 0.25) is 4.96 Å². The molecule has 0 spiro atoms. The number of benzene rings is 2. The van der Waals surface area contributed by atoms with Gasteiger partial charge in [0.05, 0.1) is 23.9 Å². The average Bonchev–Trinajstić information content (AvgIpc) is 3.28. The first-order valence-corrected chi connectivity index (χ1v) is 9.41. The number of amides is 1. The first kappa shape index (κ1) is 18.1. The number of nitrogens with one attached hydrogen (secondary N) is 1. The molecule has 7 nitrogen and oxygen atoms in total. The summed E-state index contributed by atoms with van der Waals surface area (Å²) < 4.78 is 6.37. The zero-order valence-corrected chi connectivity index (χ0v) is 16.1. The number of fused-ring (bicyclic) bond motifs is 1. The molecule has 9 heteroatoms. The highest BCUT2D eigenvalue weighted by atomic mass is 35.5. The number of hydrogen-bond acceptors (Lipinski definition) is 6. The van der Waals surface area contributed by atoms with E-state index < -0.39 is 11.9 Å². The normalized spacial score (nSPS) is 10.8. The molecule has 4 aromatic rings. The molecular formula is C19H13ClN4O3S. The molecule has 0 aliphatic carbocycles. The topological polar surface area (TPSA) is 85.6 Å². The lowest BCUT2D eigenvalue weighted by molar-refractivity contribution is 0.0597. The van der Waals surface area contributed by atoms with E-state index in [1.54, 1.807) is 34.8 Å². The van der Waals surface area contributed by atoms with Crippen LogP contribution in [0.1, 0.15) is 20.7 Å². The molecule has 0 saturated heterocycles. The molecule has 0 saturated carbocycles. The lowest BCUT2D eigenvalue weighted by atomic mass is 10.1. The van der Waals surface area contributed by atoms with Crippen molar-refractivity contribution in [1.29, 1.82) is 0 Å². The van der Waals surface area contributed by atoms with Crippen LogP contribution in [0.3, 0.4) is 0 Å². The van der Waals surface area contributed by atoms with Gasteiger partial charge < -0.3 is 4.74 Å². The molecule has 0 atom stereocenters. The minimum Gasteiger partial charge on any atom is -0.465 e. The summed E-state index contributed by atoms with van der Waals surface area (Å²) in [5, 5.41) is 9.58. The number of ether oxygens (including phenoxy) is 1. The van der Waals surface area contributed by atoms with Gasteiger partial charge in [-0.1, -0.05) is 35.9 Å². The minimum atomic E-state index is -0.588. The second kappa shape index (κ2) is 7.41. The van der Waals surface area contributed by atoms with Gasteiger partial charge >= 0.3 is 5.97 Å². The van der Waals surface area contributed by atoms with Crippen molar-refractivity contribution in [1.82, 2.24) is 14.6 Å². The van der Waals surface area contributed by atoms with Crippen LogP contribution in [0.15, 0.2) is 53.9 Å². The highest BCUT2D eigenvalue weighted by molar-refractivity contribution is 7.15. The van der Waals surface area contributed by atoms with Crippen LogP contribution in [0, 0.1) is 0 Å². The fraction of sp³-hybridized carbons (Fsp3) is 0.0526. The van der Waals surface area contributed by atoms with Crippen molar-refractivity contribution in [2.24, 2.45) is 0 Å². The summed E-state index contributed by atoms with van der Waals surface area (Å²) in [6, 6.07) is 13.8. The zero-order chi connectivity index (χ0) is 19.7. The van der Waals surface area contributed by atoms with E-state index in [2.05, 4.69) is 15.4 Å². The van der Waals surface area contributed by atoms with Crippen LogP contribution < -0.4 is 5.32 Å². The van der Waals surface area contributed by atoms with E-state index >= 15 is 0 Å². The maximum Gasteiger partial charge on any atom is 0.338 e. The second-order valence-electron chi connectivity index (χ2n) is 5.75. The van der Waals surface area contributed by atoms with Crippen molar-refractivity contribution in [2.45, 2.75) is 0 Å². The van der Waals surface area contributed by atoms with E-state index in [1.807, 2.05) is 17.5 Å². The van der Waals surface area contributed by atoms with Gasteiger partial charge in [-0.2, -0.15) is 4.98 Å². The molecule has 28 heavy (non-hydrogen) atoms. The van der Waals surface area contributed by atoms with E-state index in [4.69, 9.17) is 16.3 Å². The van der Waals surface area contributed by atoms with Crippen molar-refractivity contribution < 1.29 is 14.3 Å². The Morgan fingerprint density at radius 3 is 2.54 bits per heavy atom. The molecule has 2 aromatic heterocycles. The van der Waals surface area contributed by atoms with E-state index in [-0.39, 0.29) is 17.1 Å². The van der Waals surface area contributed by atoms with Gasteiger partial charge in [-0.3, -0.25) is 10.1 Å². The number of thiazole rings is 1. The standard InChI is InChI=1S/C19H13ClN4O3S/c1-27-17(26)14-5-3-2-4-13(14)16(25)21-18-22-19-24(23-18)15(10-28-19)11-6-8-12(20)9-7-11/h2-10H,1H3,(H,21,23,25). The number of anilines is 1. The number of halogens is 1. The molecule has 0 aliphatic rings. The minimum absolute atomic E-state index is 0.145. The molecule has 0 radical (unpaired) electrons. The van der Waals surface area contributed by atoms with Crippen LogP contribution in [-0.4, -0.2) is 33.6 Å². The van der Waals surface area contributed by atoms with Gasteiger partial charge in [-0.05, 0) is 24.3 Å². The molecule has 4 rings (SSSR count). The second-order valence-corrected chi connectivity index (χ2v) is 7.02. The van der Waals surface area contributed by atoms with Crippen molar-refractivity contribution in [3.05, 3.63) is 70.1 Å². The average molecular weight is 413 g/mol. The highest BCUT2D eigenvalue weighted by Crippen LogP contribution is 2.27. The Bertz CT molecular complexity index is 1180. The highest BCUT2D eigenvalue weighted by Gasteiger charge is 2.19. The summed E-state index contributed by atoms with van der Waals surface area (Å²) >= 11 is 7.34. The van der Waals surface area contributed by atoms with Gasteiger partial charge in [-0.25, -0.2) is 9.31 Å². The van der Waals surface area contributed by atoms with Gasteiger partial charge in [0.15, 0.2) is 0 Å². The largest absolute Gasteiger partial charge is 0.465 e. The third-order valence-corrected chi connectivity index (χ3v) is 5.09. The number of hydrogen-bond donors (Lipinski definition) is 1. The Morgan fingerprint density at radius 2 is 1.82 bits per heavy atom. The van der Waals surface area contributed by atoms with Crippen molar-refractivity contribution in [3.8, 4) is 11.3 Å². The van der Waals surface area contributed by atoms with Crippen LogP contribution >= 0.6 is 22.9 Å². The van der Waals surface area contributed by atoms with Gasteiger partial charge in [0.1, 0.15) is 0 Å². The van der Waals surface area contributed by atoms with Crippen molar-refractivity contribution in [2.75, 3.05) is 12.4 Å². The molecule has 0 bridgehead atoms. The summed E-state index contributed by atoms with van der Waals surface area (Å²) in [4.78, 5) is 29.5. The summed E-state index contributed by atoms with van der Waals surface area (Å²) in [5.74, 6) is -0.936. The van der Waals surface area contributed by atoms with Crippen LogP contribution in [0.2, 0.25) is 5.02 Å². The van der Waals surface area contributed by atoms with Crippen molar-refractivity contribution in [3.63, 3.8) is 0 Å². The third-order valence-electron chi connectivity index (χ3n) is 4.02. The summed E-state index contributed by atoms with van der Waals surface area (Å²) in [7, 11) is 1.26. The van der Waals surface area contributed by atoms with E-state index in [0.29, 0.717) is 9.98 Å². The van der Waals surface area contributed by atoms with Crippen molar-refractivity contribution >= 4 is 45.7 Å². The summed E-state index contributed by atoms with van der Waals surface area (Å²) in [5.41, 5.74) is 2.12. The lowest BCUT2D eigenvalue weighted by Gasteiger charge is -2.06. The number of aromatic nitrogens is 3. The molecule has 0 fully saturated rings. The molecule has 1 N–H and O–H groups in total. The molecule has 0 unspecified atom stereocenters. The Morgan fingerprint density at radius 1 is 1.11 bits per heavy atom. The maximum atomic E-state index is 12.6. The number of rotatable bonds is 4. The predicted molar refractivity (Wildman–Crippen MR) is 107 cm³/mol. The molecule has 2 aromatic carbocycles. The molecule has 140 valence electrons. The predicted octanol–water partition coefficient (Wildman–Crippen LogP) is 4.15. The molecule has 0 aliphatic heterocycles. The summed E-state index contributed by atoms with van der Waals surface area (Å²) in [6.07, 6.45) is 0. The fourth-order valence-corrected chi connectivity index (χ4v) is 3.65. The Kier molecular flexibility index (Phi) is 4.81.